The standard InChI is InChI=1S/C23H19F2N3O3/c24-15-8-3-1-6-13(15)19(14-7-2-4-9-16(14)25)20-17-10-5-11-27(17)23(31)21-22(30)18(29)12-26-28(20)21/h1-4,6-9,12,17,19-20,30H,5,10-11H2/t17-,20-/m1/s1. The minimum Gasteiger partial charge on any atom is -0.502 e. The SMILES string of the molecule is O=C1c2c(O)c(=O)cnn2[C@@H](C(c2ccccc2F)c2ccccc2F)[C@H]2CCCN12. The van der Waals surface area contributed by atoms with Crippen LogP contribution in [-0.4, -0.2) is 38.3 Å². The van der Waals surface area contributed by atoms with Gasteiger partial charge in [0, 0.05) is 12.5 Å². The Bertz CT molecular complexity index is 1200. The zero-order chi connectivity index (χ0) is 21.7. The number of amides is 1. The average Bonchev–Trinajstić information content (AvgIpc) is 3.25. The predicted molar refractivity (Wildman–Crippen MR) is 108 cm³/mol. The number of carbonyl (C=O) groups is 1. The van der Waals surface area contributed by atoms with Crippen molar-refractivity contribution in [2.45, 2.75) is 30.8 Å². The third-order valence-corrected chi connectivity index (χ3v) is 6.25. The van der Waals surface area contributed by atoms with Crippen LogP contribution in [0.25, 0.3) is 0 Å². The van der Waals surface area contributed by atoms with E-state index in [2.05, 4.69) is 5.10 Å². The van der Waals surface area contributed by atoms with Crippen LogP contribution in [-0.2, 0) is 0 Å². The molecule has 2 aliphatic rings. The lowest BCUT2D eigenvalue weighted by molar-refractivity contribution is 0.0563. The molecule has 0 radical (unpaired) electrons. The maximum atomic E-state index is 15.0. The summed E-state index contributed by atoms with van der Waals surface area (Å²) < 4.78 is 31.3. The van der Waals surface area contributed by atoms with Gasteiger partial charge in [-0.2, -0.15) is 5.10 Å². The highest BCUT2D eigenvalue weighted by Crippen LogP contribution is 2.46. The Morgan fingerprint density at radius 2 is 1.61 bits per heavy atom. The molecule has 0 aliphatic carbocycles. The minimum atomic E-state index is -0.839. The highest BCUT2D eigenvalue weighted by Gasteiger charge is 2.48. The van der Waals surface area contributed by atoms with Gasteiger partial charge in [-0.3, -0.25) is 14.3 Å². The van der Waals surface area contributed by atoms with Crippen LogP contribution in [0.15, 0.2) is 59.5 Å². The Morgan fingerprint density at radius 1 is 1.00 bits per heavy atom. The van der Waals surface area contributed by atoms with Gasteiger partial charge < -0.3 is 10.0 Å². The Kier molecular flexibility index (Phi) is 4.57. The van der Waals surface area contributed by atoms with Gasteiger partial charge in [0.2, 0.25) is 5.43 Å². The summed E-state index contributed by atoms with van der Waals surface area (Å²) in [5.41, 5.74) is -0.507. The number of fused-ring (bicyclic) bond motifs is 2. The van der Waals surface area contributed by atoms with Gasteiger partial charge in [-0.15, -0.1) is 0 Å². The summed E-state index contributed by atoms with van der Waals surface area (Å²) in [6.45, 7) is 0.434. The molecule has 31 heavy (non-hydrogen) atoms. The molecule has 158 valence electrons. The van der Waals surface area contributed by atoms with E-state index in [-0.39, 0.29) is 16.8 Å². The summed E-state index contributed by atoms with van der Waals surface area (Å²) in [6.07, 6.45) is 2.25. The number of rotatable bonds is 3. The van der Waals surface area contributed by atoms with Crippen molar-refractivity contribution >= 4 is 5.91 Å². The highest BCUT2D eigenvalue weighted by atomic mass is 19.1. The zero-order valence-corrected chi connectivity index (χ0v) is 16.4. The zero-order valence-electron chi connectivity index (χ0n) is 16.4. The molecule has 1 aromatic heterocycles. The van der Waals surface area contributed by atoms with Gasteiger partial charge >= 0.3 is 0 Å². The molecule has 2 atom stereocenters. The van der Waals surface area contributed by atoms with E-state index in [4.69, 9.17) is 0 Å². The van der Waals surface area contributed by atoms with Crippen molar-refractivity contribution in [3.05, 3.63) is 93.4 Å². The van der Waals surface area contributed by atoms with Crippen LogP contribution >= 0.6 is 0 Å². The second-order valence-corrected chi connectivity index (χ2v) is 7.87. The number of halogens is 2. The number of aromatic hydroxyl groups is 1. The number of aromatic nitrogens is 2. The molecule has 2 aromatic carbocycles. The van der Waals surface area contributed by atoms with E-state index in [1.165, 1.54) is 16.8 Å². The molecule has 0 unspecified atom stereocenters. The smallest absolute Gasteiger partial charge is 0.276 e. The normalized spacial score (nSPS) is 20.1. The average molecular weight is 423 g/mol. The van der Waals surface area contributed by atoms with Crippen LogP contribution in [0.3, 0.4) is 0 Å². The van der Waals surface area contributed by atoms with Crippen LogP contribution in [0.1, 0.15) is 46.4 Å². The van der Waals surface area contributed by atoms with Gasteiger partial charge in [0.25, 0.3) is 5.91 Å². The fourth-order valence-electron chi connectivity index (χ4n) is 4.94. The van der Waals surface area contributed by atoms with E-state index in [0.717, 1.165) is 6.20 Å². The molecule has 2 aliphatic heterocycles. The lowest BCUT2D eigenvalue weighted by Crippen LogP contribution is -2.51. The first-order valence-corrected chi connectivity index (χ1v) is 10.1. The molecule has 8 heteroatoms. The topological polar surface area (TPSA) is 75.4 Å². The van der Waals surface area contributed by atoms with Crippen LogP contribution in [0.2, 0.25) is 0 Å². The molecule has 1 N–H and O–H groups in total. The maximum Gasteiger partial charge on any atom is 0.276 e. The van der Waals surface area contributed by atoms with Crippen molar-refractivity contribution in [1.82, 2.24) is 14.7 Å². The largest absolute Gasteiger partial charge is 0.502 e. The first-order valence-electron chi connectivity index (χ1n) is 10.1. The fourth-order valence-corrected chi connectivity index (χ4v) is 4.94. The summed E-state index contributed by atoms with van der Waals surface area (Å²) in [5, 5.41) is 14.6. The number of benzene rings is 2. The predicted octanol–water partition coefficient (Wildman–Crippen LogP) is 3.22. The van der Waals surface area contributed by atoms with E-state index in [9.17, 15) is 14.7 Å². The van der Waals surface area contributed by atoms with Crippen molar-refractivity contribution in [3.63, 3.8) is 0 Å². The van der Waals surface area contributed by atoms with E-state index in [1.807, 2.05) is 0 Å². The molecular weight excluding hydrogens is 404 g/mol. The summed E-state index contributed by atoms with van der Waals surface area (Å²) in [4.78, 5) is 26.7. The number of hydrogen-bond acceptors (Lipinski definition) is 4. The molecule has 1 saturated heterocycles. The molecule has 6 nitrogen and oxygen atoms in total. The lowest BCUT2D eigenvalue weighted by atomic mass is 9.79. The molecule has 0 bridgehead atoms. The first kappa shape index (κ1) is 19.4. The van der Waals surface area contributed by atoms with Gasteiger partial charge in [0.05, 0.1) is 18.3 Å². The molecule has 5 rings (SSSR count). The quantitative estimate of drug-likeness (QED) is 0.702. The van der Waals surface area contributed by atoms with Gasteiger partial charge in [-0.05, 0) is 36.1 Å². The summed E-state index contributed by atoms with van der Waals surface area (Å²) in [6, 6.07) is 11.1. The van der Waals surface area contributed by atoms with E-state index < -0.39 is 46.7 Å². The third kappa shape index (κ3) is 2.93. The third-order valence-electron chi connectivity index (χ3n) is 6.25. The number of hydrogen-bond donors (Lipinski definition) is 1. The summed E-state index contributed by atoms with van der Waals surface area (Å²) >= 11 is 0. The summed E-state index contributed by atoms with van der Waals surface area (Å²) in [5.74, 6) is -3.05. The van der Waals surface area contributed by atoms with Crippen molar-refractivity contribution in [3.8, 4) is 5.75 Å². The second-order valence-electron chi connectivity index (χ2n) is 7.87. The molecule has 0 saturated carbocycles. The molecule has 0 spiro atoms. The van der Waals surface area contributed by atoms with Gasteiger partial charge in [0.15, 0.2) is 11.4 Å². The van der Waals surface area contributed by atoms with Gasteiger partial charge in [-0.25, -0.2) is 8.78 Å². The number of carbonyl (C=O) groups excluding carboxylic acids is 1. The van der Waals surface area contributed by atoms with Gasteiger partial charge in [0.1, 0.15) is 11.6 Å². The van der Waals surface area contributed by atoms with E-state index in [1.54, 1.807) is 41.3 Å². The van der Waals surface area contributed by atoms with Crippen LogP contribution in [0.5, 0.6) is 5.75 Å². The molecule has 3 heterocycles. The first-order chi connectivity index (χ1) is 15.0. The minimum absolute atomic E-state index is 0.242. The van der Waals surface area contributed by atoms with E-state index in [0.29, 0.717) is 19.4 Å². The molecule has 1 fully saturated rings. The molecule has 1 amide bonds. The summed E-state index contributed by atoms with van der Waals surface area (Å²) in [7, 11) is 0. The maximum absolute atomic E-state index is 15.0. The lowest BCUT2D eigenvalue weighted by Gasteiger charge is -2.42. The monoisotopic (exact) mass is 423 g/mol. The van der Waals surface area contributed by atoms with Crippen LogP contribution < -0.4 is 5.43 Å². The van der Waals surface area contributed by atoms with Gasteiger partial charge in [-0.1, -0.05) is 36.4 Å². The Hall–Kier alpha value is -3.55. The Morgan fingerprint density at radius 3 is 2.23 bits per heavy atom. The van der Waals surface area contributed by atoms with Crippen molar-refractivity contribution in [2.75, 3.05) is 6.54 Å². The Balaban J connectivity index is 1.82. The highest BCUT2D eigenvalue weighted by molar-refractivity contribution is 5.96. The van der Waals surface area contributed by atoms with Crippen molar-refractivity contribution in [1.29, 1.82) is 0 Å². The molecule has 3 aromatic rings. The molecular formula is C23H19F2N3O3. The fraction of sp³-hybridized carbons (Fsp3) is 0.261. The Labute approximate surface area is 176 Å². The van der Waals surface area contributed by atoms with Crippen molar-refractivity contribution in [2.24, 2.45) is 0 Å². The van der Waals surface area contributed by atoms with Crippen molar-refractivity contribution < 1.29 is 18.7 Å². The second kappa shape index (κ2) is 7.30. The number of nitrogens with zero attached hydrogens (tertiary/aromatic N) is 3. The van der Waals surface area contributed by atoms with E-state index >= 15 is 8.78 Å². The van der Waals surface area contributed by atoms with Crippen LogP contribution in [0, 0.1) is 11.6 Å². The van der Waals surface area contributed by atoms with Crippen LogP contribution in [0.4, 0.5) is 8.78 Å².